The highest BCUT2D eigenvalue weighted by atomic mass is 16.5. The lowest BCUT2D eigenvalue weighted by atomic mass is 9.80. The standard InChI is InChI=1S/C14H28N2O2/c1-13(2)10-14(11-15,5-7-18-13)16-6-4-12(8-16)9-17-3/h12H,4-11,15H2,1-3H3. The summed E-state index contributed by atoms with van der Waals surface area (Å²) < 4.78 is 11.1. The van der Waals surface area contributed by atoms with Crippen LogP contribution < -0.4 is 5.73 Å². The third kappa shape index (κ3) is 2.87. The minimum Gasteiger partial charge on any atom is -0.384 e. The molecule has 2 atom stereocenters. The summed E-state index contributed by atoms with van der Waals surface area (Å²) in [4.78, 5) is 2.60. The molecule has 2 N–H and O–H groups in total. The first-order valence-electron chi connectivity index (χ1n) is 7.09. The van der Waals surface area contributed by atoms with E-state index in [1.54, 1.807) is 7.11 Å². The van der Waals surface area contributed by atoms with Gasteiger partial charge >= 0.3 is 0 Å². The van der Waals surface area contributed by atoms with Gasteiger partial charge in [-0.25, -0.2) is 0 Å². The van der Waals surface area contributed by atoms with E-state index in [4.69, 9.17) is 15.2 Å². The third-order valence-electron chi connectivity index (χ3n) is 4.55. The second kappa shape index (κ2) is 5.45. The van der Waals surface area contributed by atoms with Crippen LogP contribution in [0.2, 0.25) is 0 Å². The predicted octanol–water partition coefficient (Wildman–Crippen LogP) is 1.24. The van der Waals surface area contributed by atoms with Gasteiger partial charge in [-0.2, -0.15) is 0 Å². The van der Waals surface area contributed by atoms with E-state index in [1.165, 1.54) is 6.42 Å². The fourth-order valence-corrected chi connectivity index (χ4v) is 3.66. The van der Waals surface area contributed by atoms with Gasteiger partial charge in [0.05, 0.1) is 12.2 Å². The van der Waals surface area contributed by atoms with Gasteiger partial charge in [0.25, 0.3) is 0 Å². The summed E-state index contributed by atoms with van der Waals surface area (Å²) in [7, 11) is 1.79. The molecule has 0 spiro atoms. The smallest absolute Gasteiger partial charge is 0.0644 e. The van der Waals surface area contributed by atoms with E-state index in [2.05, 4.69) is 18.7 Å². The number of methoxy groups -OCH3 is 1. The molecule has 0 aromatic heterocycles. The fourth-order valence-electron chi connectivity index (χ4n) is 3.66. The molecule has 0 saturated carbocycles. The molecule has 4 heteroatoms. The molecular formula is C14H28N2O2. The van der Waals surface area contributed by atoms with Gasteiger partial charge in [-0.1, -0.05) is 0 Å². The maximum absolute atomic E-state index is 6.13. The van der Waals surface area contributed by atoms with Gasteiger partial charge < -0.3 is 15.2 Å². The van der Waals surface area contributed by atoms with Crippen molar-refractivity contribution in [1.82, 2.24) is 4.90 Å². The molecule has 0 bridgehead atoms. The highest BCUT2D eigenvalue weighted by molar-refractivity contribution is 5.01. The largest absolute Gasteiger partial charge is 0.384 e. The molecule has 2 aliphatic heterocycles. The van der Waals surface area contributed by atoms with E-state index in [9.17, 15) is 0 Å². The Labute approximate surface area is 111 Å². The first-order valence-corrected chi connectivity index (χ1v) is 7.09. The number of ether oxygens (including phenoxy) is 2. The molecule has 2 fully saturated rings. The van der Waals surface area contributed by atoms with Crippen molar-refractivity contribution >= 4 is 0 Å². The maximum atomic E-state index is 6.13. The first kappa shape index (κ1) is 14.3. The zero-order valence-electron chi connectivity index (χ0n) is 12.1. The topological polar surface area (TPSA) is 47.7 Å². The van der Waals surface area contributed by atoms with E-state index in [1.807, 2.05) is 0 Å². The summed E-state index contributed by atoms with van der Waals surface area (Å²) in [6.45, 7) is 9.08. The van der Waals surface area contributed by atoms with Crippen LogP contribution in [0.4, 0.5) is 0 Å². The van der Waals surface area contributed by atoms with Crippen molar-refractivity contribution in [3.63, 3.8) is 0 Å². The Bertz CT molecular complexity index is 283. The number of likely N-dealkylation sites (tertiary alicyclic amines) is 1. The molecule has 2 rings (SSSR count). The van der Waals surface area contributed by atoms with Crippen LogP contribution in [0.15, 0.2) is 0 Å². The van der Waals surface area contributed by atoms with Crippen molar-refractivity contribution < 1.29 is 9.47 Å². The van der Waals surface area contributed by atoms with E-state index in [0.29, 0.717) is 5.92 Å². The zero-order valence-corrected chi connectivity index (χ0v) is 12.1. The van der Waals surface area contributed by atoms with Gasteiger partial charge in [0.15, 0.2) is 0 Å². The quantitative estimate of drug-likeness (QED) is 0.822. The summed E-state index contributed by atoms with van der Waals surface area (Å²) in [5.74, 6) is 0.671. The van der Waals surface area contributed by atoms with Crippen molar-refractivity contribution in [2.24, 2.45) is 11.7 Å². The normalized spacial score (nSPS) is 37.0. The Morgan fingerprint density at radius 2 is 2.22 bits per heavy atom. The van der Waals surface area contributed by atoms with E-state index in [-0.39, 0.29) is 11.1 Å². The number of nitrogens with zero attached hydrogens (tertiary/aromatic N) is 1. The van der Waals surface area contributed by atoms with Gasteiger partial charge in [-0.15, -0.1) is 0 Å². The number of hydrogen-bond donors (Lipinski definition) is 1. The lowest BCUT2D eigenvalue weighted by Crippen LogP contribution is -2.60. The zero-order chi connectivity index (χ0) is 13.2. The average Bonchev–Trinajstić information content (AvgIpc) is 2.77. The Balaban J connectivity index is 2.04. The Kier molecular flexibility index (Phi) is 4.32. The van der Waals surface area contributed by atoms with Crippen LogP contribution in [0.5, 0.6) is 0 Å². The molecule has 106 valence electrons. The Morgan fingerprint density at radius 1 is 1.44 bits per heavy atom. The second-order valence-electron chi connectivity index (χ2n) is 6.52. The second-order valence-corrected chi connectivity index (χ2v) is 6.52. The van der Waals surface area contributed by atoms with Crippen molar-refractivity contribution in [3.8, 4) is 0 Å². The SMILES string of the molecule is COCC1CCN(C2(CN)CCOC(C)(C)C2)C1. The summed E-state index contributed by atoms with van der Waals surface area (Å²) >= 11 is 0. The van der Waals surface area contributed by atoms with Crippen molar-refractivity contribution in [3.05, 3.63) is 0 Å². The summed E-state index contributed by atoms with van der Waals surface area (Å²) in [6.07, 6.45) is 3.33. The van der Waals surface area contributed by atoms with Crippen LogP contribution in [0.1, 0.15) is 33.1 Å². The molecule has 0 aromatic rings. The lowest BCUT2D eigenvalue weighted by molar-refractivity contribution is -0.114. The predicted molar refractivity (Wildman–Crippen MR) is 72.6 cm³/mol. The molecule has 2 unspecified atom stereocenters. The summed E-state index contributed by atoms with van der Waals surface area (Å²) in [5, 5.41) is 0. The van der Waals surface area contributed by atoms with Gasteiger partial charge in [0.1, 0.15) is 0 Å². The molecule has 2 heterocycles. The maximum Gasteiger partial charge on any atom is 0.0644 e. The van der Waals surface area contributed by atoms with Gasteiger partial charge in [-0.05, 0) is 45.6 Å². The average molecular weight is 256 g/mol. The third-order valence-corrected chi connectivity index (χ3v) is 4.55. The van der Waals surface area contributed by atoms with Crippen molar-refractivity contribution in [1.29, 1.82) is 0 Å². The van der Waals surface area contributed by atoms with Crippen LogP contribution in [-0.4, -0.2) is 56.0 Å². The Hall–Kier alpha value is -0.160. The molecule has 2 aliphatic rings. The van der Waals surface area contributed by atoms with E-state index >= 15 is 0 Å². The van der Waals surface area contributed by atoms with Gasteiger partial charge in [0.2, 0.25) is 0 Å². The fraction of sp³-hybridized carbons (Fsp3) is 1.00. The highest BCUT2D eigenvalue weighted by Crippen LogP contribution is 2.38. The van der Waals surface area contributed by atoms with Crippen LogP contribution in [0.3, 0.4) is 0 Å². The molecule has 0 aromatic carbocycles. The summed E-state index contributed by atoms with van der Waals surface area (Å²) in [6, 6.07) is 0. The minimum absolute atomic E-state index is 0.0447. The molecule has 0 radical (unpaired) electrons. The van der Waals surface area contributed by atoms with Crippen LogP contribution in [0, 0.1) is 5.92 Å². The van der Waals surface area contributed by atoms with Gasteiger partial charge in [0, 0.05) is 32.3 Å². The first-order chi connectivity index (χ1) is 8.51. The highest BCUT2D eigenvalue weighted by Gasteiger charge is 2.45. The van der Waals surface area contributed by atoms with E-state index in [0.717, 1.165) is 45.7 Å². The van der Waals surface area contributed by atoms with Gasteiger partial charge in [-0.3, -0.25) is 4.90 Å². The molecule has 0 aliphatic carbocycles. The molecule has 0 amide bonds. The van der Waals surface area contributed by atoms with Crippen LogP contribution in [0.25, 0.3) is 0 Å². The minimum atomic E-state index is -0.0447. The van der Waals surface area contributed by atoms with Crippen LogP contribution >= 0.6 is 0 Å². The monoisotopic (exact) mass is 256 g/mol. The molecule has 4 nitrogen and oxygen atoms in total. The Morgan fingerprint density at radius 3 is 2.83 bits per heavy atom. The number of hydrogen-bond acceptors (Lipinski definition) is 4. The van der Waals surface area contributed by atoms with Crippen molar-refractivity contribution in [2.45, 2.75) is 44.2 Å². The lowest BCUT2D eigenvalue weighted by Gasteiger charge is -2.49. The van der Waals surface area contributed by atoms with Crippen LogP contribution in [-0.2, 0) is 9.47 Å². The van der Waals surface area contributed by atoms with Crippen molar-refractivity contribution in [2.75, 3.05) is 40.0 Å². The molecule has 2 saturated heterocycles. The van der Waals surface area contributed by atoms with E-state index < -0.39 is 0 Å². The molecule has 18 heavy (non-hydrogen) atoms. The molecular weight excluding hydrogens is 228 g/mol. The summed E-state index contributed by atoms with van der Waals surface area (Å²) in [5.41, 5.74) is 6.23. The number of nitrogens with two attached hydrogens (primary N) is 1. The number of rotatable bonds is 4.